The van der Waals surface area contributed by atoms with E-state index in [0.717, 1.165) is 36.2 Å². The van der Waals surface area contributed by atoms with Crippen LogP contribution in [0.1, 0.15) is 35.1 Å². The van der Waals surface area contributed by atoms with Gasteiger partial charge in [-0.15, -0.1) is 0 Å². The molecule has 30 heavy (non-hydrogen) atoms. The molecule has 156 valence electrons. The summed E-state index contributed by atoms with van der Waals surface area (Å²) in [5.74, 6) is 2.10. The molecular formula is C22H23ClN4O3. The minimum atomic E-state index is -0.100. The minimum Gasteiger partial charge on any atom is -0.486 e. The summed E-state index contributed by atoms with van der Waals surface area (Å²) in [6.07, 6.45) is 1.66. The summed E-state index contributed by atoms with van der Waals surface area (Å²) in [4.78, 5) is 23.3. The second-order valence-corrected chi connectivity index (χ2v) is 8.27. The highest BCUT2D eigenvalue weighted by atomic mass is 35.5. The number of fused-ring (bicyclic) bond motifs is 2. The van der Waals surface area contributed by atoms with Crippen LogP contribution in [0.2, 0.25) is 5.02 Å². The predicted molar refractivity (Wildman–Crippen MR) is 114 cm³/mol. The molecule has 1 saturated heterocycles. The summed E-state index contributed by atoms with van der Waals surface area (Å²) in [6, 6.07) is 11.1. The first-order valence-corrected chi connectivity index (χ1v) is 10.5. The van der Waals surface area contributed by atoms with Crippen LogP contribution in [0, 0.1) is 0 Å². The van der Waals surface area contributed by atoms with Crippen molar-refractivity contribution in [1.82, 2.24) is 20.2 Å². The van der Waals surface area contributed by atoms with E-state index in [1.807, 2.05) is 18.2 Å². The fourth-order valence-electron chi connectivity index (χ4n) is 4.15. The fourth-order valence-corrected chi connectivity index (χ4v) is 4.32. The maximum Gasteiger partial charge on any atom is 0.251 e. The first-order valence-electron chi connectivity index (χ1n) is 10.1. The zero-order chi connectivity index (χ0) is 20.7. The zero-order valence-corrected chi connectivity index (χ0v) is 17.4. The van der Waals surface area contributed by atoms with Crippen molar-refractivity contribution in [2.24, 2.45) is 0 Å². The summed E-state index contributed by atoms with van der Waals surface area (Å²) in [7, 11) is 2.09. The van der Waals surface area contributed by atoms with Crippen molar-refractivity contribution in [1.29, 1.82) is 0 Å². The van der Waals surface area contributed by atoms with Crippen molar-refractivity contribution in [3.8, 4) is 11.5 Å². The number of ether oxygens (including phenoxy) is 2. The van der Waals surface area contributed by atoms with E-state index < -0.39 is 0 Å². The molecule has 2 aliphatic heterocycles. The molecule has 2 N–H and O–H groups in total. The van der Waals surface area contributed by atoms with E-state index in [9.17, 15) is 4.79 Å². The summed E-state index contributed by atoms with van der Waals surface area (Å²) in [5.41, 5.74) is 2.40. The van der Waals surface area contributed by atoms with Gasteiger partial charge in [-0.3, -0.25) is 9.69 Å². The standard InChI is InChI=1S/C22H23ClN4O3/c1-27-7-6-15(12-18(27)21-25-16-4-3-14(23)11-17(16)26-21)24-22(28)13-2-5-19-20(10-13)30-9-8-29-19/h2-5,10-11,15,18H,6-9,12H2,1H3,(H,24,28)(H,25,26)/t15-,18-/m1/s1. The normalized spacial score (nSPS) is 21.5. The Bertz CT molecular complexity index is 1100. The molecule has 1 aromatic heterocycles. The fraction of sp³-hybridized carbons (Fsp3) is 0.364. The van der Waals surface area contributed by atoms with Crippen molar-refractivity contribution >= 4 is 28.5 Å². The lowest BCUT2D eigenvalue weighted by molar-refractivity contribution is 0.0883. The first kappa shape index (κ1) is 19.2. The van der Waals surface area contributed by atoms with Gasteiger partial charge in [0.05, 0.1) is 17.1 Å². The summed E-state index contributed by atoms with van der Waals surface area (Å²) < 4.78 is 11.1. The number of aromatic amines is 1. The van der Waals surface area contributed by atoms with Crippen LogP contribution < -0.4 is 14.8 Å². The van der Waals surface area contributed by atoms with Crippen molar-refractivity contribution < 1.29 is 14.3 Å². The number of amides is 1. The van der Waals surface area contributed by atoms with E-state index >= 15 is 0 Å². The van der Waals surface area contributed by atoms with Gasteiger partial charge in [-0.2, -0.15) is 0 Å². The molecule has 3 heterocycles. The van der Waals surface area contributed by atoms with Crippen LogP contribution in [0.3, 0.4) is 0 Å². The Balaban J connectivity index is 1.31. The van der Waals surface area contributed by atoms with E-state index in [4.69, 9.17) is 26.1 Å². The average Bonchev–Trinajstić information content (AvgIpc) is 3.17. The molecule has 0 radical (unpaired) electrons. The lowest BCUT2D eigenvalue weighted by Gasteiger charge is -2.36. The number of aromatic nitrogens is 2. The smallest absolute Gasteiger partial charge is 0.251 e. The molecule has 1 amide bonds. The molecule has 2 aliphatic rings. The van der Waals surface area contributed by atoms with Gasteiger partial charge in [-0.05, 0) is 56.3 Å². The van der Waals surface area contributed by atoms with E-state index in [0.29, 0.717) is 35.3 Å². The van der Waals surface area contributed by atoms with Gasteiger partial charge in [0.1, 0.15) is 19.0 Å². The maximum absolute atomic E-state index is 12.8. The van der Waals surface area contributed by atoms with E-state index in [-0.39, 0.29) is 18.0 Å². The predicted octanol–water partition coefficient (Wildman–Crippen LogP) is 3.55. The highest BCUT2D eigenvalue weighted by Gasteiger charge is 2.30. The Labute approximate surface area is 179 Å². The molecule has 7 nitrogen and oxygen atoms in total. The number of nitrogens with zero attached hydrogens (tertiary/aromatic N) is 2. The monoisotopic (exact) mass is 426 g/mol. The number of benzene rings is 2. The van der Waals surface area contributed by atoms with Gasteiger partial charge < -0.3 is 19.8 Å². The van der Waals surface area contributed by atoms with E-state index in [1.165, 1.54) is 0 Å². The second kappa shape index (κ2) is 7.81. The van der Waals surface area contributed by atoms with E-state index in [1.54, 1.807) is 18.2 Å². The SMILES string of the molecule is CN1CC[C@@H](NC(=O)c2ccc3c(c2)OCCO3)C[C@@H]1c1nc2ccc(Cl)cc2[nH]1. The Kier molecular flexibility index (Phi) is 5.00. The van der Waals surface area contributed by atoms with E-state index in [2.05, 4.69) is 22.2 Å². The minimum absolute atomic E-state index is 0.0590. The van der Waals surface area contributed by atoms with Crippen LogP contribution >= 0.6 is 11.6 Å². The maximum atomic E-state index is 12.8. The van der Waals surface area contributed by atoms with Crippen molar-refractivity contribution in [3.05, 3.63) is 52.8 Å². The third-order valence-electron chi connectivity index (χ3n) is 5.79. The molecular weight excluding hydrogens is 404 g/mol. The van der Waals surface area contributed by atoms with Crippen molar-refractivity contribution in [2.75, 3.05) is 26.8 Å². The van der Waals surface area contributed by atoms with Crippen LogP contribution in [-0.2, 0) is 0 Å². The summed E-state index contributed by atoms with van der Waals surface area (Å²) in [6.45, 7) is 1.90. The molecule has 8 heteroatoms. The van der Waals surface area contributed by atoms with Gasteiger partial charge in [0.2, 0.25) is 0 Å². The number of halogens is 1. The number of piperidine rings is 1. The van der Waals surface area contributed by atoms with Gasteiger partial charge in [0, 0.05) is 23.2 Å². The van der Waals surface area contributed by atoms with Gasteiger partial charge in [-0.1, -0.05) is 11.6 Å². The number of carbonyl (C=O) groups excluding carboxylic acids is 1. The number of hydrogen-bond donors (Lipinski definition) is 2. The molecule has 0 spiro atoms. The molecule has 1 fully saturated rings. The lowest BCUT2D eigenvalue weighted by Crippen LogP contribution is -2.45. The third kappa shape index (κ3) is 3.70. The molecule has 2 aromatic carbocycles. The molecule has 0 unspecified atom stereocenters. The largest absolute Gasteiger partial charge is 0.486 e. The Hall–Kier alpha value is -2.77. The zero-order valence-electron chi connectivity index (χ0n) is 16.7. The third-order valence-corrected chi connectivity index (χ3v) is 6.02. The lowest BCUT2D eigenvalue weighted by atomic mass is 9.96. The number of nitrogens with one attached hydrogen (secondary N) is 2. The highest BCUT2D eigenvalue weighted by molar-refractivity contribution is 6.31. The molecule has 2 atom stereocenters. The van der Waals surface area contributed by atoms with Crippen LogP contribution in [-0.4, -0.2) is 53.6 Å². The first-order chi connectivity index (χ1) is 14.6. The molecule has 3 aromatic rings. The molecule has 0 aliphatic carbocycles. The van der Waals surface area contributed by atoms with Gasteiger partial charge in [-0.25, -0.2) is 4.98 Å². The number of H-pyrrole nitrogens is 1. The topological polar surface area (TPSA) is 79.5 Å². The number of imidazole rings is 1. The number of likely N-dealkylation sites (tertiary alicyclic amines) is 1. The second-order valence-electron chi connectivity index (χ2n) is 7.83. The summed E-state index contributed by atoms with van der Waals surface area (Å²) in [5, 5.41) is 3.86. The van der Waals surface area contributed by atoms with Crippen LogP contribution in [0.15, 0.2) is 36.4 Å². The molecule has 0 saturated carbocycles. The van der Waals surface area contributed by atoms with Gasteiger partial charge in [0.15, 0.2) is 11.5 Å². The molecule has 5 rings (SSSR count). The van der Waals surface area contributed by atoms with Crippen LogP contribution in [0.25, 0.3) is 11.0 Å². The highest BCUT2D eigenvalue weighted by Crippen LogP contribution is 2.32. The van der Waals surface area contributed by atoms with Crippen LogP contribution in [0.5, 0.6) is 11.5 Å². The number of hydrogen-bond acceptors (Lipinski definition) is 5. The van der Waals surface area contributed by atoms with Gasteiger partial charge >= 0.3 is 0 Å². The molecule has 0 bridgehead atoms. The Morgan fingerprint density at radius 1 is 1.20 bits per heavy atom. The summed E-state index contributed by atoms with van der Waals surface area (Å²) >= 11 is 6.10. The quantitative estimate of drug-likeness (QED) is 0.669. The van der Waals surface area contributed by atoms with Crippen molar-refractivity contribution in [3.63, 3.8) is 0 Å². The Morgan fingerprint density at radius 2 is 2.03 bits per heavy atom. The number of carbonyl (C=O) groups is 1. The van der Waals surface area contributed by atoms with Crippen molar-refractivity contribution in [2.45, 2.75) is 24.9 Å². The van der Waals surface area contributed by atoms with Gasteiger partial charge in [0.25, 0.3) is 5.91 Å². The van der Waals surface area contributed by atoms with Crippen LogP contribution in [0.4, 0.5) is 0 Å². The Morgan fingerprint density at radius 3 is 2.90 bits per heavy atom. The number of rotatable bonds is 3. The average molecular weight is 427 g/mol.